The second-order valence-corrected chi connectivity index (χ2v) is 11.9. The Morgan fingerprint density at radius 3 is 2.60 bits per heavy atom. The van der Waals surface area contributed by atoms with Crippen molar-refractivity contribution in [1.29, 1.82) is 0 Å². The van der Waals surface area contributed by atoms with Crippen molar-refractivity contribution in [2.24, 2.45) is 0 Å². The molecule has 3 aliphatic rings. The van der Waals surface area contributed by atoms with Gasteiger partial charge in [0.05, 0.1) is 50.5 Å². The van der Waals surface area contributed by atoms with E-state index in [1.807, 2.05) is 39.0 Å². The molecule has 0 radical (unpaired) electrons. The third-order valence-electron chi connectivity index (χ3n) is 7.81. The predicted molar refractivity (Wildman–Crippen MR) is 147 cm³/mol. The van der Waals surface area contributed by atoms with Crippen molar-refractivity contribution in [2.45, 2.75) is 95.4 Å². The summed E-state index contributed by atoms with van der Waals surface area (Å²) in [7, 11) is 0. The first-order valence-corrected chi connectivity index (χ1v) is 14.5. The van der Waals surface area contributed by atoms with Gasteiger partial charge < -0.3 is 33.9 Å². The van der Waals surface area contributed by atoms with Gasteiger partial charge >= 0.3 is 12.1 Å². The van der Waals surface area contributed by atoms with Gasteiger partial charge in [0.25, 0.3) is 0 Å². The number of benzene rings is 1. The van der Waals surface area contributed by atoms with Crippen molar-refractivity contribution >= 4 is 18.0 Å². The van der Waals surface area contributed by atoms with Gasteiger partial charge in [-0.25, -0.2) is 4.79 Å². The number of amides is 2. The highest BCUT2D eigenvalue weighted by Crippen LogP contribution is 2.39. The molecule has 2 atom stereocenters. The Morgan fingerprint density at radius 1 is 1.15 bits per heavy atom. The highest BCUT2D eigenvalue weighted by atomic mass is 16.6. The minimum Gasteiger partial charge on any atom is -0.493 e. The van der Waals surface area contributed by atoms with E-state index in [0.717, 1.165) is 37.0 Å². The molecule has 2 unspecified atom stereocenters. The number of hydrogen-bond donors (Lipinski definition) is 1. The number of esters is 1. The van der Waals surface area contributed by atoms with Crippen LogP contribution in [-0.4, -0.2) is 85.7 Å². The van der Waals surface area contributed by atoms with Crippen LogP contribution < -0.4 is 10.1 Å². The average Bonchev–Trinajstić information content (AvgIpc) is 3.24. The summed E-state index contributed by atoms with van der Waals surface area (Å²) in [5, 5.41) is 3.11. The largest absolute Gasteiger partial charge is 0.493 e. The highest BCUT2D eigenvalue weighted by molar-refractivity contribution is 5.79. The molecule has 2 aliphatic heterocycles. The molecule has 222 valence electrons. The number of carbonyl (C=O) groups is 3. The topological polar surface area (TPSA) is 113 Å². The van der Waals surface area contributed by atoms with Crippen molar-refractivity contribution in [2.75, 3.05) is 39.6 Å². The molecular weight excluding hydrogens is 516 g/mol. The molecule has 2 heterocycles. The molecule has 0 aromatic heterocycles. The smallest absolute Gasteiger partial charge is 0.410 e. The summed E-state index contributed by atoms with van der Waals surface area (Å²) in [6, 6.07) is 7.63. The first kappa shape index (κ1) is 30.1. The van der Waals surface area contributed by atoms with Crippen molar-refractivity contribution in [1.82, 2.24) is 10.2 Å². The van der Waals surface area contributed by atoms with Gasteiger partial charge in [-0.1, -0.05) is 18.2 Å². The number of para-hydroxylation sites is 1. The summed E-state index contributed by atoms with van der Waals surface area (Å²) in [5.41, 5.74) is -0.150. The lowest BCUT2D eigenvalue weighted by Gasteiger charge is -2.41. The van der Waals surface area contributed by atoms with Gasteiger partial charge in [-0.2, -0.15) is 0 Å². The number of rotatable bonds is 9. The second kappa shape index (κ2) is 13.2. The first-order valence-electron chi connectivity index (χ1n) is 14.5. The van der Waals surface area contributed by atoms with Crippen LogP contribution in [0.5, 0.6) is 5.75 Å². The fourth-order valence-corrected chi connectivity index (χ4v) is 5.91. The van der Waals surface area contributed by atoms with E-state index in [9.17, 15) is 14.4 Å². The molecule has 1 saturated carbocycles. The molecule has 1 N–H and O–H groups in total. The zero-order valence-electron chi connectivity index (χ0n) is 24.2. The van der Waals surface area contributed by atoms with Gasteiger partial charge in [-0.15, -0.1) is 0 Å². The number of likely N-dealkylation sites (tertiary alicyclic amines) is 1. The van der Waals surface area contributed by atoms with Crippen molar-refractivity contribution in [3.63, 3.8) is 0 Å². The molecule has 0 bridgehead atoms. The van der Waals surface area contributed by atoms with E-state index in [4.69, 9.17) is 23.7 Å². The quantitative estimate of drug-likeness (QED) is 0.452. The summed E-state index contributed by atoms with van der Waals surface area (Å²) in [5.74, 6) is 0.711. The van der Waals surface area contributed by atoms with Gasteiger partial charge in [0, 0.05) is 6.54 Å². The fourth-order valence-electron chi connectivity index (χ4n) is 5.91. The maximum Gasteiger partial charge on any atom is 0.410 e. The second-order valence-electron chi connectivity index (χ2n) is 11.9. The molecule has 10 nitrogen and oxygen atoms in total. The third-order valence-corrected chi connectivity index (χ3v) is 7.81. The minimum absolute atomic E-state index is 0.0276. The zero-order valence-corrected chi connectivity index (χ0v) is 24.2. The van der Waals surface area contributed by atoms with Gasteiger partial charge in [-0.05, 0) is 77.3 Å². The summed E-state index contributed by atoms with van der Waals surface area (Å²) in [6.45, 7) is 9.10. The molecular formula is C30H44N2O8. The molecule has 4 rings (SSSR count). The summed E-state index contributed by atoms with van der Waals surface area (Å²) < 4.78 is 28.7. The van der Waals surface area contributed by atoms with Crippen LogP contribution in [0.1, 0.15) is 77.7 Å². The van der Waals surface area contributed by atoms with E-state index < -0.39 is 17.2 Å². The fraction of sp³-hybridized carbons (Fsp3) is 0.700. The van der Waals surface area contributed by atoms with Crippen LogP contribution in [0.4, 0.5) is 4.79 Å². The number of hydrogen-bond acceptors (Lipinski definition) is 8. The van der Waals surface area contributed by atoms with Gasteiger partial charge in [0.1, 0.15) is 18.0 Å². The normalized spacial score (nSPS) is 26.9. The number of carbonyl (C=O) groups excluding carboxylic acids is 3. The van der Waals surface area contributed by atoms with E-state index in [0.29, 0.717) is 38.7 Å². The molecule has 3 fully saturated rings. The van der Waals surface area contributed by atoms with Crippen LogP contribution >= 0.6 is 0 Å². The summed E-state index contributed by atoms with van der Waals surface area (Å²) in [6.07, 6.45) is 4.08. The summed E-state index contributed by atoms with van der Waals surface area (Å²) >= 11 is 0. The molecule has 40 heavy (non-hydrogen) atoms. The minimum atomic E-state index is -0.677. The van der Waals surface area contributed by atoms with Crippen molar-refractivity contribution < 1.29 is 38.1 Å². The SMILES string of the molecule is CCOC(=O)CCOc1ccccc1C1CCC(OCC2N(C(=O)OC(C)(C)C)CCC23COCC(=O)N3)CC1. The van der Waals surface area contributed by atoms with Crippen LogP contribution in [0, 0.1) is 0 Å². The van der Waals surface area contributed by atoms with Crippen molar-refractivity contribution in [3.05, 3.63) is 29.8 Å². The molecule has 1 aromatic rings. The van der Waals surface area contributed by atoms with Crippen LogP contribution in [0.15, 0.2) is 24.3 Å². The van der Waals surface area contributed by atoms with E-state index in [1.165, 1.54) is 0 Å². The number of nitrogens with one attached hydrogen (secondary N) is 1. The Kier molecular flexibility index (Phi) is 9.94. The maximum absolute atomic E-state index is 13.1. The van der Waals surface area contributed by atoms with Crippen LogP contribution in [0.3, 0.4) is 0 Å². The van der Waals surface area contributed by atoms with E-state index in [-0.39, 0.29) is 43.7 Å². The Balaban J connectivity index is 1.34. The lowest BCUT2D eigenvalue weighted by atomic mass is 9.82. The predicted octanol–water partition coefficient (Wildman–Crippen LogP) is 3.96. The van der Waals surface area contributed by atoms with E-state index >= 15 is 0 Å². The number of morpholine rings is 1. The number of ether oxygens (including phenoxy) is 5. The maximum atomic E-state index is 13.1. The Hall–Kier alpha value is -2.85. The molecule has 10 heteroatoms. The van der Waals surface area contributed by atoms with Crippen molar-refractivity contribution in [3.8, 4) is 5.75 Å². The lowest BCUT2D eigenvalue weighted by molar-refractivity contribution is -0.143. The van der Waals surface area contributed by atoms with Gasteiger partial charge in [-0.3, -0.25) is 9.59 Å². The standard InChI is InChI=1S/C30H44N2O8/c1-5-37-27(34)14-17-38-24-9-7-6-8-23(24)21-10-12-22(13-11-21)39-18-25-30(20-36-19-26(33)31-30)15-16-32(25)28(35)40-29(2,3)4/h6-9,21-22,25H,5,10-20H2,1-4H3,(H,31,33). The third kappa shape index (κ3) is 7.66. The number of nitrogens with zero attached hydrogens (tertiary/aromatic N) is 1. The first-order chi connectivity index (χ1) is 19.1. The molecule has 2 amide bonds. The average molecular weight is 561 g/mol. The van der Waals surface area contributed by atoms with Crippen LogP contribution in [0.2, 0.25) is 0 Å². The molecule has 1 spiro atoms. The zero-order chi connectivity index (χ0) is 28.8. The Morgan fingerprint density at radius 2 is 1.90 bits per heavy atom. The highest BCUT2D eigenvalue weighted by Gasteiger charge is 2.53. The van der Waals surface area contributed by atoms with E-state index in [2.05, 4.69) is 11.4 Å². The van der Waals surface area contributed by atoms with Crippen LogP contribution in [-0.2, 0) is 28.5 Å². The molecule has 1 aromatic carbocycles. The van der Waals surface area contributed by atoms with Gasteiger partial charge in [0.2, 0.25) is 5.91 Å². The summed E-state index contributed by atoms with van der Waals surface area (Å²) in [4.78, 5) is 38.7. The Labute approximate surface area is 237 Å². The van der Waals surface area contributed by atoms with Crippen LogP contribution in [0.25, 0.3) is 0 Å². The monoisotopic (exact) mass is 560 g/mol. The van der Waals surface area contributed by atoms with Gasteiger partial charge in [0.15, 0.2) is 0 Å². The Bertz CT molecular complexity index is 1030. The van der Waals surface area contributed by atoms with E-state index in [1.54, 1.807) is 11.8 Å². The molecule has 1 aliphatic carbocycles. The lowest BCUT2D eigenvalue weighted by Crippen LogP contribution is -2.65. The molecule has 2 saturated heterocycles.